The quantitative estimate of drug-likeness (QED) is 0.714. The maximum Gasteiger partial charge on any atom is 0.279 e. The van der Waals surface area contributed by atoms with E-state index in [2.05, 4.69) is 27.9 Å². The van der Waals surface area contributed by atoms with Gasteiger partial charge in [-0.2, -0.15) is 0 Å². The van der Waals surface area contributed by atoms with Gasteiger partial charge in [0, 0.05) is 14.8 Å². The van der Waals surface area contributed by atoms with Gasteiger partial charge in [-0.3, -0.25) is 4.79 Å². The van der Waals surface area contributed by atoms with E-state index in [0.29, 0.717) is 6.54 Å². The van der Waals surface area contributed by atoms with Crippen LogP contribution in [0.5, 0.6) is 5.75 Å². The molecule has 0 saturated carbocycles. The average Bonchev–Trinajstić information content (AvgIpc) is 2.49. The minimum absolute atomic E-state index is 0.0154. The summed E-state index contributed by atoms with van der Waals surface area (Å²) in [7, 11) is 3.66. The highest BCUT2D eigenvalue weighted by atomic mass is 127. The number of hydrogen-bond donors (Lipinski definition) is 2. The first kappa shape index (κ1) is 16.8. The predicted molar refractivity (Wildman–Crippen MR) is 96.2 cm³/mol. The predicted octanol–water partition coefficient (Wildman–Crippen LogP) is 1.95. The highest BCUT2D eigenvalue weighted by Crippen LogP contribution is 2.12. The molecule has 0 fully saturated rings. The van der Waals surface area contributed by atoms with Gasteiger partial charge in [0.25, 0.3) is 5.91 Å². The Labute approximate surface area is 144 Å². The summed E-state index contributed by atoms with van der Waals surface area (Å²) in [5.41, 5.74) is 1.98. The zero-order valence-corrected chi connectivity index (χ0v) is 14.9. The molecule has 0 bridgehead atoms. The van der Waals surface area contributed by atoms with E-state index in [0.717, 1.165) is 32.0 Å². The summed E-state index contributed by atoms with van der Waals surface area (Å²) >= 11 is 2.24. The van der Waals surface area contributed by atoms with Gasteiger partial charge in [0.2, 0.25) is 0 Å². The van der Waals surface area contributed by atoms with E-state index in [1.54, 1.807) is 7.11 Å². The second-order valence-corrected chi connectivity index (χ2v) is 6.46. The topological polar surface area (TPSA) is 42.8 Å². The fourth-order valence-corrected chi connectivity index (χ4v) is 2.57. The maximum absolute atomic E-state index is 12.1. The summed E-state index contributed by atoms with van der Waals surface area (Å²) in [6, 6.07) is 15.7. The molecule has 0 radical (unpaired) electrons. The van der Waals surface area contributed by atoms with Gasteiger partial charge in [-0.05, 0) is 59.0 Å². The van der Waals surface area contributed by atoms with Crippen LogP contribution in [0.2, 0.25) is 0 Å². The van der Waals surface area contributed by atoms with Gasteiger partial charge in [-0.1, -0.05) is 12.1 Å². The number of likely N-dealkylation sites (N-methyl/N-ethyl adjacent to an activating group) is 1. The smallest absolute Gasteiger partial charge is 0.279 e. The molecule has 1 amide bonds. The van der Waals surface area contributed by atoms with Crippen LogP contribution in [0.1, 0.15) is 5.56 Å². The van der Waals surface area contributed by atoms with Crippen molar-refractivity contribution in [2.45, 2.75) is 6.54 Å². The van der Waals surface area contributed by atoms with E-state index in [-0.39, 0.29) is 5.91 Å². The molecule has 0 heterocycles. The Kier molecular flexibility index (Phi) is 6.21. The van der Waals surface area contributed by atoms with Crippen molar-refractivity contribution in [3.63, 3.8) is 0 Å². The highest BCUT2D eigenvalue weighted by Gasteiger charge is 2.11. The summed E-state index contributed by atoms with van der Waals surface area (Å²) < 4.78 is 6.37. The second kappa shape index (κ2) is 8.14. The number of carbonyl (C=O) groups excluding carboxylic acids is 1. The average molecular weight is 411 g/mol. The molecule has 116 valence electrons. The van der Waals surface area contributed by atoms with Crippen molar-refractivity contribution >= 4 is 34.2 Å². The van der Waals surface area contributed by atoms with Crippen LogP contribution in [0, 0.1) is 3.57 Å². The highest BCUT2D eigenvalue weighted by molar-refractivity contribution is 14.1. The molecule has 0 aliphatic carbocycles. The van der Waals surface area contributed by atoms with Crippen LogP contribution in [0.4, 0.5) is 5.69 Å². The summed E-state index contributed by atoms with van der Waals surface area (Å²) in [5, 5.41) is 2.92. The first-order chi connectivity index (χ1) is 10.6. The number of methoxy groups -OCH3 is 1. The zero-order chi connectivity index (χ0) is 15.9. The number of benzene rings is 2. The molecule has 2 N–H and O–H groups in total. The van der Waals surface area contributed by atoms with Crippen molar-refractivity contribution < 1.29 is 14.4 Å². The number of amides is 1. The molecule has 0 aliphatic heterocycles. The van der Waals surface area contributed by atoms with Crippen LogP contribution in [-0.2, 0) is 11.3 Å². The number of quaternary nitrogens is 1. The molecule has 0 aliphatic rings. The number of nitrogens with one attached hydrogen (secondary N) is 2. The normalized spacial score (nSPS) is 11.8. The molecule has 1 atom stereocenters. The van der Waals surface area contributed by atoms with Crippen molar-refractivity contribution in [2.75, 3.05) is 26.0 Å². The Morgan fingerprint density at radius 2 is 1.95 bits per heavy atom. The number of halogens is 1. The number of hydrogen-bond acceptors (Lipinski definition) is 2. The van der Waals surface area contributed by atoms with Crippen molar-refractivity contribution in [3.05, 3.63) is 57.7 Å². The summed E-state index contributed by atoms with van der Waals surface area (Å²) in [6.07, 6.45) is 0. The van der Waals surface area contributed by atoms with E-state index >= 15 is 0 Å². The van der Waals surface area contributed by atoms with E-state index < -0.39 is 0 Å². The fourth-order valence-electron chi connectivity index (χ4n) is 2.21. The monoisotopic (exact) mass is 411 g/mol. The largest absolute Gasteiger partial charge is 0.497 e. The Hall–Kier alpha value is -1.60. The summed E-state index contributed by atoms with van der Waals surface area (Å²) in [4.78, 5) is 13.2. The molecule has 0 spiro atoms. The molecule has 4 nitrogen and oxygen atoms in total. The lowest BCUT2D eigenvalue weighted by atomic mass is 10.2. The lowest BCUT2D eigenvalue weighted by molar-refractivity contribution is -0.885. The van der Waals surface area contributed by atoms with Crippen LogP contribution in [0.3, 0.4) is 0 Å². The van der Waals surface area contributed by atoms with Crippen LogP contribution >= 0.6 is 22.6 Å². The summed E-state index contributed by atoms with van der Waals surface area (Å²) in [6.45, 7) is 1.19. The molecule has 0 saturated heterocycles. The molecule has 5 heteroatoms. The third-order valence-corrected chi connectivity index (χ3v) is 3.95. The lowest BCUT2D eigenvalue weighted by Crippen LogP contribution is -3.08. The standard InChI is InChI=1S/C17H19IN2O2/c1-20(11-13-4-3-5-16(10-13)22-2)12-17(21)19-15-8-6-14(18)7-9-15/h3-10H,11-12H2,1-2H3,(H,19,21)/p+1. The zero-order valence-electron chi connectivity index (χ0n) is 12.7. The molecule has 0 aromatic heterocycles. The number of rotatable bonds is 6. The van der Waals surface area contributed by atoms with E-state index in [9.17, 15) is 4.79 Å². The van der Waals surface area contributed by atoms with Gasteiger partial charge < -0.3 is 15.0 Å². The van der Waals surface area contributed by atoms with Crippen molar-refractivity contribution in [1.82, 2.24) is 0 Å². The second-order valence-electron chi connectivity index (χ2n) is 5.22. The first-order valence-corrected chi connectivity index (χ1v) is 8.14. The Morgan fingerprint density at radius 1 is 1.23 bits per heavy atom. The van der Waals surface area contributed by atoms with Gasteiger partial charge in [0.15, 0.2) is 6.54 Å². The van der Waals surface area contributed by atoms with Gasteiger partial charge in [0.1, 0.15) is 12.3 Å². The van der Waals surface area contributed by atoms with E-state index in [4.69, 9.17) is 4.74 Å². The van der Waals surface area contributed by atoms with Crippen molar-refractivity contribution in [3.8, 4) is 5.75 Å². The van der Waals surface area contributed by atoms with Gasteiger partial charge in [0.05, 0.1) is 14.2 Å². The maximum atomic E-state index is 12.1. The third-order valence-electron chi connectivity index (χ3n) is 3.23. The Bertz CT molecular complexity index is 629. The lowest BCUT2D eigenvalue weighted by Gasteiger charge is -2.14. The Balaban J connectivity index is 1.86. The molecule has 2 aromatic carbocycles. The molecular weight excluding hydrogens is 391 g/mol. The van der Waals surface area contributed by atoms with Gasteiger partial charge in [-0.25, -0.2) is 0 Å². The molecule has 1 unspecified atom stereocenters. The number of carbonyl (C=O) groups is 1. The van der Waals surface area contributed by atoms with Crippen LogP contribution < -0.4 is 15.0 Å². The van der Waals surface area contributed by atoms with Gasteiger partial charge >= 0.3 is 0 Å². The number of anilines is 1. The SMILES string of the molecule is COc1cccc(C[NH+](C)CC(=O)Nc2ccc(I)cc2)c1. The minimum atomic E-state index is 0.0154. The van der Waals surface area contributed by atoms with Crippen LogP contribution in [-0.4, -0.2) is 26.6 Å². The minimum Gasteiger partial charge on any atom is -0.497 e. The third kappa shape index (κ3) is 5.31. The van der Waals surface area contributed by atoms with Crippen LogP contribution in [0.25, 0.3) is 0 Å². The van der Waals surface area contributed by atoms with E-state index in [1.807, 2.05) is 55.6 Å². The molecule has 22 heavy (non-hydrogen) atoms. The fraction of sp³-hybridized carbons (Fsp3) is 0.235. The Morgan fingerprint density at radius 3 is 2.64 bits per heavy atom. The molecule has 2 aromatic rings. The van der Waals surface area contributed by atoms with Crippen molar-refractivity contribution in [2.24, 2.45) is 0 Å². The van der Waals surface area contributed by atoms with Crippen molar-refractivity contribution in [1.29, 1.82) is 0 Å². The summed E-state index contributed by atoms with van der Waals surface area (Å²) in [5.74, 6) is 0.857. The first-order valence-electron chi connectivity index (χ1n) is 7.06. The molecule has 2 rings (SSSR count). The van der Waals surface area contributed by atoms with Gasteiger partial charge in [-0.15, -0.1) is 0 Å². The number of ether oxygens (including phenoxy) is 1. The van der Waals surface area contributed by atoms with Crippen LogP contribution in [0.15, 0.2) is 48.5 Å². The molecular formula is C17H20IN2O2+. The van der Waals surface area contributed by atoms with E-state index in [1.165, 1.54) is 0 Å².